The molecule has 0 spiro atoms. The third kappa shape index (κ3) is 3.16. The number of nitrogens with one attached hydrogen (secondary N) is 1. The van der Waals surface area contributed by atoms with Crippen molar-refractivity contribution in [3.63, 3.8) is 0 Å². The number of carbonyl (C=O) groups is 1. The lowest BCUT2D eigenvalue weighted by atomic mass is 10.2. The van der Waals surface area contributed by atoms with Crippen molar-refractivity contribution in [1.82, 2.24) is 0 Å². The molecule has 0 saturated carbocycles. The van der Waals surface area contributed by atoms with Gasteiger partial charge in [0.05, 0.1) is 19.2 Å². The van der Waals surface area contributed by atoms with Gasteiger partial charge in [-0.15, -0.1) is 0 Å². The lowest BCUT2D eigenvalue weighted by Gasteiger charge is -2.09. The molecule has 1 N–H and O–H groups in total. The zero-order valence-electron chi connectivity index (χ0n) is 11.1. The molecule has 100 valence electrons. The largest absolute Gasteiger partial charge is 0.465 e. The van der Waals surface area contributed by atoms with E-state index in [1.807, 2.05) is 31.2 Å². The monoisotopic (exact) mass is 259 g/mol. The second-order valence-electron chi connectivity index (χ2n) is 4.11. The van der Waals surface area contributed by atoms with Crippen LogP contribution < -0.4 is 5.32 Å². The average molecular weight is 259 g/mol. The van der Waals surface area contributed by atoms with Crippen molar-refractivity contribution in [3.8, 4) is 0 Å². The predicted molar refractivity (Wildman–Crippen MR) is 73.2 cm³/mol. The van der Waals surface area contributed by atoms with Crippen LogP contribution in [0.4, 0.5) is 5.69 Å². The molecule has 0 unspecified atom stereocenters. The van der Waals surface area contributed by atoms with Gasteiger partial charge in [-0.2, -0.15) is 0 Å². The van der Waals surface area contributed by atoms with Gasteiger partial charge in [-0.1, -0.05) is 19.1 Å². The van der Waals surface area contributed by atoms with E-state index in [0.29, 0.717) is 12.1 Å². The molecule has 1 aromatic heterocycles. The molecule has 19 heavy (non-hydrogen) atoms. The average Bonchev–Trinajstić information content (AvgIpc) is 2.92. The molecule has 1 heterocycles. The van der Waals surface area contributed by atoms with Crippen molar-refractivity contribution >= 4 is 11.7 Å². The molecule has 0 amide bonds. The number of hydrogen-bond acceptors (Lipinski definition) is 4. The van der Waals surface area contributed by atoms with Gasteiger partial charge in [0.25, 0.3) is 0 Å². The van der Waals surface area contributed by atoms with Gasteiger partial charge >= 0.3 is 5.97 Å². The summed E-state index contributed by atoms with van der Waals surface area (Å²) >= 11 is 0. The van der Waals surface area contributed by atoms with E-state index in [9.17, 15) is 4.79 Å². The van der Waals surface area contributed by atoms with E-state index >= 15 is 0 Å². The van der Waals surface area contributed by atoms with E-state index in [1.54, 1.807) is 12.1 Å². The minimum Gasteiger partial charge on any atom is -0.465 e. The van der Waals surface area contributed by atoms with Gasteiger partial charge in [-0.25, -0.2) is 4.79 Å². The Hall–Kier alpha value is -2.23. The van der Waals surface area contributed by atoms with Crippen LogP contribution in [0.15, 0.2) is 40.8 Å². The molecule has 0 saturated heterocycles. The van der Waals surface area contributed by atoms with Gasteiger partial charge in [-0.05, 0) is 24.3 Å². The van der Waals surface area contributed by atoms with Crippen molar-refractivity contribution in [2.75, 3.05) is 12.4 Å². The second kappa shape index (κ2) is 6.09. The van der Waals surface area contributed by atoms with Crippen molar-refractivity contribution in [3.05, 3.63) is 53.5 Å². The van der Waals surface area contributed by atoms with Crippen molar-refractivity contribution < 1.29 is 13.9 Å². The molecule has 0 aliphatic heterocycles. The van der Waals surface area contributed by atoms with Crippen LogP contribution in [0, 0.1) is 0 Å². The SMILES string of the molecule is CCc1ccc(CNc2ccccc2C(=O)OC)o1. The Morgan fingerprint density at radius 1 is 1.21 bits per heavy atom. The first-order chi connectivity index (χ1) is 9.24. The van der Waals surface area contributed by atoms with E-state index in [0.717, 1.165) is 23.6 Å². The fourth-order valence-corrected chi connectivity index (χ4v) is 1.81. The molecule has 4 heteroatoms. The van der Waals surface area contributed by atoms with Crippen molar-refractivity contribution in [2.24, 2.45) is 0 Å². The molecular weight excluding hydrogens is 242 g/mol. The molecule has 0 aliphatic rings. The Labute approximate surface area is 112 Å². The third-order valence-corrected chi connectivity index (χ3v) is 2.85. The molecule has 4 nitrogen and oxygen atoms in total. The summed E-state index contributed by atoms with van der Waals surface area (Å²) in [7, 11) is 1.37. The van der Waals surface area contributed by atoms with Crippen LogP contribution in [0.5, 0.6) is 0 Å². The summed E-state index contributed by atoms with van der Waals surface area (Å²) in [5.74, 6) is 1.45. The molecule has 0 radical (unpaired) electrons. The van der Waals surface area contributed by atoms with E-state index in [-0.39, 0.29) is 5.97 Å². The molecular formula is C15H17NO3. The molecule has 0 aliphatic carbocycles. The van der Waals surface area contributed by atoms with E-state index < -0.39 is 0 Å². The number of anilines is 1. The number of furan rings is 1. The number of rotatable bonds is 5. The summed E-state index contributed by atoms with van der Waals surface area (Å²) < 4.78 is 10.4. The minimum absolute atomic E-state index is 0.350. The van der Waals surface area contributed by atoms with E-state index in [4.69, 9.17) is 9.15 Å². The van der Waals surface area contributed by atoms with Crippen LogP contribution in [0.3, 0.4) is 0 Å². The lowest BCUT2D eigenvalue weighted by molar-refractivity contribution is 0.0602. The van der Waals surface area contributed by atoms with Crippen LogP contribution in [0.25, 0.3) is 0 Å². The van der Waals surface area contributed by atoms with E-state index in [2.05, 4.69) is 5.32 Å². The van der Waals surface area contributed by atoms with Crippen LogP contribution in [0.2, 0.25) is 0 Å². The molecule has 2 rings (SSSR count). The summed E-state index contributed by atoms with van der Waals surface area (Å²) in [6.07, 6.45) is 0.874. The van der Waals surface area contributed by atoms with Crippen LogP contribution >= 0.6 is 0 Å². The van der Waals surface area contributed by atoms with Gasteiger partial charge in [0.2, 0.25) is 0 Å². The number of aryl methyl sites for hydroxylation is 1. The minimum atomic E-state index is -0.350. The normalized spacial score (nSPS) is 10.2. The first kappa shape index (κ1) is 13.2. The number of esters is 1. The quantitative estimate of drug-likeness (QED) is 0.837. The van der Waals surface area contributed by atoms with E-state index in [1.165, 1.54) is 7.11 Å². The zero-order chi connectivity index (χ0) is 13.7. The Bertz CT molecular complexity index is 560. The Morgan fingerprint density at radius 3 is 2.63 bits per heavy atom. The van der Waals surface area contributed by atoms with Gasteiger partial charge < -0.3 is 14.5 Å². The van der Waals surface area contributed by atoms with Gasteiger partial charge in [0.15, 0.2) is 0 Å². The van der Waals surface area contributed by atoms with Crippen LogP contribution in [0.1, 0.15) is 28.8 Å². The van der Waals surface area contributed by atoms with Gasteiger partial charge in [0, 0.05) is 12.1 Å². The standard InChI is InChI=1S/C15H17NO3/c1-3-11-8-9-12(19-11)10-16-14-7-5-4-6-13(14)15(17)18-2/h4-9,16H,3,10H2,1-2H3. The first-order valence-electron chi connectivity index (χ1n) is 6.23. The molecule has 0 bridgehead atoms. The van der Waals surface area contributed by atoms with Crippen molar-refractivity contribution in [2.45, 2.75) is 19.9 Å². The summed E-state index contributed by atoms with van der Waals surface area (Å²) in [6.45, 7) is 2.58. The van der Waals surface area contributed by atoms with Gasteiger partial charge in [0.1, 0.15) is 11.5 Å². The highest BCUT2D eigenvalue weighted by atomic mass is 16.5. The fraction of sp³-hybridized carbons (Fsp3) is 0.267. The van der Waals surface area contributed by atoms with Crippen molar-refractivity contribution in [1.29, 1.82) is 0 Å². The zero-order valence-corrected chi connectivity index (χ0v) is 11.1. The second-order valence-corrected chi connectivity index (χ2v) is 4.11. The molecule has 0 atom stereocenters. The Balaban J connectivity index is 2.08. The fourth-order valence-electron chi connectivity index (χ4n) is 1.81. The maximum atomic E-state index is 11.6. The Morgan fingerprint density at radius 2 is 1.95 bits per heavy atom. The number of ether oxygens (including phenoxy) is 1. The summed E-state index contributed by atoms with van der Waals surface area (Å²) in [4.78, 5) is 11.6. The summed E-state index contributed by atoms with van der Waals surface area (Å²) in [6, 6.07) is 11.1. The van der Waals surface area contributed by atoms with Gasteiger partial charge in [-0.3, -0.25) is 0 Å². The highest BCUT2D eigenvalue weighted by Gasteiger charge is 2.11. The number of para-hydroxylation sites is 1. The number of carbonyl (C=O) groups excluding carboxylic acids is 1. The maximum Gasteiger partial charge on any atom is 0.339 e. The lowest BCUT2D eigenvalue weighted by Crippen LogP contribution is -2.07. The molecule has 2 aromatic rings. The van der Waals surface area contributed by atoms with Crippen LogP contribution in [-0.4, -0.2) is 13.1 Å². The smallest absolute Gasteiger partial charge is 0.339 e. The summed E-state index contributed by atoms with van der Waals surface area (Å²) in [5.41, 5.74) is 1.26. The molecule has 0 fully saturated rings. The Kier molecular flexibility index (Phi) is 4.23. The number of methoxy groups -OCH3 is 1. The molecule has 1 aromatic carbocycles. The first-order valence-corrected chi connectivity index (χ1v) is 6.23. The number of hydrogen-bond donors (Lipinski definition) is 1. The topological polar surface area (TPSA) is 51.5 Å². The number of benzene rings is 1. The predicted octanol–water partition coefficient (Wildman–Crippen LogP) is 3.24. The van der Waals surface area contributed by atoms with Crippen LogP contribution in [-0.2, 0) is 17.7 Å². The highest BCUT2D eigenvalue weighted by molar-refractivity contribution is 5.95. The highest BCUT2D eigenvalue weighted by Crippen LogP contribution is 2.18. The maximum absolute atomic E-state index is 11.6. The third-order valence-electron chi connectivity index (χ3n) is 2.85. The summed E-state index contributed by atoms with van der Waals surface area (Å²) in [5, 5.41) is 3.19.